The highest BCUT2D eigenvalue weighted by Crippen LogP contribution is 2.49. The standard InChI is InChI=1S/C38H49N5O7S2/c1-21(2)30-20-51-35(40-30)29-18-32(26-13-14-31(49-5)22(3)33(26)39-29)50-24-16-27-28(17-24)36(45)43(4)15-9-7-6-8-10-23-19-38(23,41-34(27)44)37(46)42-52(47,48)25-11-12-25/h13-14,18,20-21,23-25,27-28H,6-12,15-17,19H2,1-5H3,(H,41,44)(H,42,46)/t23-,24-,27-,28-,38-/m1/s1. The van der Waals surface area contributed by atoms with Gasteiger partial charge >= 0.3 is 0 Å². The predicted octanol–water partition coefficient (Wildman–Crippen LogP) is 5.48. The smallest absolute Gasteiger partial charge is 0.259 e. The number of aryl methyl sites for hydroxylation is 1. The van der Waals surface area contributed by atoms with Gasteiger partial charge in [0.05, 0.1) is 35.4 Å². The molecule has 12 nitrogen and oxygen atoms in total. The fourth-order valence-electron chi connectivity index (χ4n) is 7.95. The average molecular weight is 752 g/mol. The molecule has 14 heteroatoms. The van der Waals surface area contributed by atoms with Crippen molar-refractivity contribution in [1.29, 1.82) is 0 Å². The summed E-state index contributed by atoms with van der Waals surface area (Å²) in [7, 11) is -0.399. The second kappa shape index (κ2) is 14.2. The van der Waals surface area contributed by atoms with Crippen LogP contribution in [0.15, 0.2) is 23.6 Å². The lowest BCUT2D eigenvalue weighted by Crippen LogP contribution is -2.54. The van der Waals surface area contributed by atoms with E-state index in [0.717, 1.165) is 47.3 Å². The van der Waals surface area contributed by atoms with E-state index in [1.54, 1.807) is 19.1 Å². The second-order valence-corrected chi connectivity index (χ2v) is 18.3. The van der Waals surface area contributed by atoms with Gasteiger partial charge in [-0.15, -0.1) is 11.3 Å². The molecular weight excluding hydrogens is 703 g/mol. The Morgan fingerprint density at radius 2 is 1.81 bits per heavy atom. The van der Waals surface area contributed by atoms with Gasteiger partial charge in [-0.05, 0) is 75.8 Å². The number of pyridine rings is 1. The first-order valence-electron chi connectivity index (χ1n) is 18.5. The molecule has 0 unspecified atom stereocenters. The lowest BCUT2D eigenvalue weighted by molar-refractivity contribution is -0.140. The lowest BCUT2D eigenvalue weighted by Gasteiger charge is -2.27. The number of amides is 3. The van der Waals surface area contributed by atoms with Crippen molar-refractivity contribution in [3.63, 3.8) is 0 Å². The Morgan fingerprint density at radius 3 is 2.52 bits per heavy atom. The topological polar surface area (TPSA) is 157 Å². The van der Waals surface area contributed by atoms with Crippen molar-refractivity contribution < 1.29 is 32.3 Å². The molecule has 2 aromatic heterocycles. The summed E-state index contributed by atoms with van der Waals surface area (Å²) in [6, 6.07) is 5.68. The van der Waals surface area contributed by atoms with Crippen molar-refractivity contribution in [2.75, 3.05) is 20.7 Å². The number of carbonyl (C=O) groups is 3. The zero-order valence-electron chi connectivity index (χ0n) is 30.6. The van der Waals surface area contributed by atoms with Gasteiger partial charge in [-0.2, -0.15) is 0 Å². The molecule has 280 valence electrons. The van der Waals surface area contributed by atoms with Gasteiger partial charge in [-0.25, -0.2) is 18.4 Å². The molecule has 52 heavy (non-hydrogen) atoms. The summed E-state index contributed by atoms with van der Waals surface area (Å²) in [5.74, 6) is -1.29. The molecule has 1 aromatic carbocycles. The Balaban J connectivity index is 1.20. The zero-order chi connectivity index (χ0) is 36.9. The minimum Gasteiger partial charge on any atom is -0.496 e. The number of fused-ring (bicyclic) bond motifs is 3. The SMILES string of the molecule is COc1ccc2c(O[C@@H]3C[C@H]4C(=O)N[C@]5(C(=O)NS(=O)(=O)C6CC6)C[C@H]5CCCCCCN(C)C(=O)[C@@H]4C3)cc(-c3nc(C(C)C)cs3)nc2c1C. The number of hydrogen-bond acceptors (Lipinski definition) is 10. The van der Waals surface area contributed by atoms with Crippen molar-refractivity contribution in [1.82, 2.24) is 24.9 Å². The van der Waals surface area contributed by atoms with Crippen molar-refractivity contribution in [2.45, 2.75) is 108 Å². The van der Waals surface area contributed by atoms with Gasteiger partial charge in [0.25, 0.3) is 5.91 Å². The van der Waals surface area contributed by atoms with Gasteiger partial charge < -0.3 is 19.7 Å². The normalized spacial score (nSPS) is 27.1. The molecule has 3 heterocycles. The molecular formula is C38H49N5O7S2. The van der Waals surface area contributed by atoms with Crippen LogP contribution in [0.1, 0.15) is 95.2 Å². The van der Waals surface area contributed by atoms with Crippen molar-refractivity contribution in [3.05, 3.63) is 34.8 Å². The molecule has 4 aliphatic rings. The van der Waals surface area contributed by atoms with Crippen molar-refractivity contribution in [3.8, 4) is 22.2 Å². The monoisotopic (exact) mass is 751 g/mol. The Hall–Kier alpha value is -3.78. The fraction of sp³-hybridized carbons (Fsp3) is 0.605. The molecule has 4 fully saturated rings. The number of rotatable bonds is 8. The molecule has 3 saturated carbocycles. The predicted molar refractivity (Wildman–Crippen MR) is 199 cm³/mol. The van der Waals surface area contributed by atoms with Crippen LogP contribution in [0.2, 0.25) is 0 Å². The van der Waals surface area contributed by atoms with Gasteiger partial charge in [-0.3, -0.25) is 19.1 Å². The molecule has 3 aromatic rings. The number of methoxy groups -OCH3 is 1. The number of sulfonamides is 1. The minimum atomic E-state index is -3.80. The first-order valence-corrected chi connectivity index (χ1v) is 21.0. The minimum absolute atomic E-state index is 0.129. The second-order valence-electron chi connectivity index (χ2n) is 15.5. The highest BCUT2D eigenvalue weighted by molar-refractivity contribution is 7.91. The number of hydrogen-bond donors (Lipinski definition) is 2. The third-order valence-electron chi connectivity index (χ3n) is 11.4. The van der Waals surface area contributed by atoms with Crippen LogP contribution in [-0.4, -0.2) is 78.6 Å². The highest BCUT2D eigenvalue weighted by atomic mass is 32.2. The lowest BCUT2D eigenvalue weighted by atomic mass is 9.92. The molecule has 1 saturated heterocycles. The maximum absolute atomic E-state index is 14.3. The molecule has 1 aliphatic heterocycles. The maximum atomic E-state index is 14.3. The van der Waals surface area contributed by atoms with Gasteiger partial charge in [0.1, 0.15) is 33.8 Å². The summed E-state index contributed by atoms with van der Waals surface area (Å²) in [4.78, 5) is 53.6. The quantitative estimate of drug-likeness (QED) is 0.304. The van der Waals surface area contributed by atoms with E-state index in [1.165, 1.54) is 11.3 Å². The third-order valence-corrected chi connectivity index (χ3v) is 14.1. The van der Waals surface area contributed by atoms with Crippen LogP contribution in [0.4, 0.5) is 0 Å². The molecule has 7 rings (SSSR count). The molecule has 0 spiro atoms. The Labute approximate surface area is 309 Å². The van der Waals surface area contributed by atoms with Gasteiger partial charge in [-0.1, -0.05) is 33.1 Å². The highest BCUT2D eigenvalue weighted by Gasteiger charge is 2.62. The van der Waals surface area contributed by atoms with Gasteiger partial charge in [0.15, 0.2) is 0 Å². The first-order chi connectivity index (χ1) is 24.8. The van der Waals surface area contributed by atoms with Crippen molar-refractivity contribution in [2.24, 2.45) is 17.8 Å². The number of benzene rings is 1. The van der Waals surface area contributed by atoms with Gasteiger partial charge in [0, 0.05) is 36.0 Å². The molecule has 0 radical (unpaired) electrons. The van der Waals surface area contributed by atoms with Gasteiger partial charge in [0.2, 0.25) is 21.8 Å². The Kier molecular flexibility index (Phi) is 10.0. The molecule has 3 aliphatic carbocycles. The summed E-state index contributed by atoms with van der Waals surface area (Å²) >= 11 is 1.52. The molecule has 5 atom stereocenters. The number of thiazole rings is 1. The van der Waals surface area contributed by atoms with E-state index in [-0.39, 0.29) is 24.2 Å². The van der Waals surface area contributed by atoms with Crippen LogP contribution < -0.4 is 19.5 Å². The largest absolute Gasteiger partial charge is 0.496 e. The van der Waals surface area contributed by atoms with Crippen molar-refractivity contribution >= 4 is 50.0 Å². The fourth-order valence-corrected chi connectivity index (χ4v) is 10.3. The van der Waals surface area contributed by atoms with E-state index >= 15 is 0 Å². The van der Waals surface area contributed by atoms with E-state index < -0.39 is 50.6 Å². The van der Waals surface area contributed by atoms with E-state index in [0.29, 0.717) is 61.4 Å². The maximum Gasteiger partial charge on any atom is 0.259 e. The van der Waals surface area contributed by atoms with Crippen LogP contribution in [0, 0.1) is 24.7 Å². The first kappa shape index (κ1) is 36.6. The van der Waals surface area contributed by atoms with E-state index in [4.69, 9.17) is 19.4 Å². The van der Waals surface area contributed by atoms with Crippen LogP contribution in [0.25, 0.3) is 21.6 Å². The summed E-state index contributed by atoms with van der Waals surface area (Å²) < 4.78 is 40.3. The molecule has 0 bridgehead atoms. The Bertz CT molecular complexity index is 1990. The molecule has 3 amide bonds. The van der Waals surface area contributed by atoms with E-state index in [1.807, 2.05) is 30.5 Å². The van der Waals surface area contributed by atoms with E-state index in [9.17, 15) is 22.8 Å². The van der Waals surface area contributed by atoms with Crippen LogP contribution in [0.5, 0.6) is 11.5 Å². The third kappa shape index (κ3) is 7.12. The zero-order valence-corrected chi connectivity index (χ0v) is 32.2. The summed E-state index contributed by atoms with van der Waals surface area (Å²) in [6.45, 7) is 6.74. The summed E-state index contributed by atoms with van der Waals surface area (Å²) in [6.07, 6.45) is 5.77. The number of ether oxygens (including phenoxy) is 2. The molecule has 2 N–H and O–H groups in total. The van der Waals surface area contributed by atoms with Crippen LogP contribution >= 0.6 is 11.3 Å². The number of nitrogens with zero attached hydrogens (tertiary/aromatic N) is 3. The Morgan fingerprint density at radius 1 is 1.06 bits per heavy atom. The van der Waals surface area contributed by atoms with Crippen LogP contribution in [0.3, 0.4) is 0 Å². The number of aromatic nitrogens is 2. The summed E-state index contributed by atoms with van der Waals surface area (Å²) in [5, 5.41) is 6.03. The number of nitrogens with one attached hydrogen (secondary N) is 2. The average Bonchev–Trinajstić information content (AvgIpc) is 3.98. The van der Waals surface area contributed by atoms with E-state index in [2.05, 4.69) is 23.9 Å². The van der Waals surface area contributed by atoms with Crippen LogP contribution in [-0.2, 0) is 24.4 Å². The summed E-state index contributed by atoms with van der Waals surface area (Å²) in [5.41, 5.74) is 1.90. The number of carbonyl (C=O) groups excluding carboxylic acids is 3.